The van der Waals surface area contributed by atoms with Crippen molar-refractivity contribution in [1.82, 2.24) is 9.88 Å². The average Bonchev–Trinajstić information content (AvgIpc) is 2.47. The van der Waals surface area contributed by atoms with Crippen LogP contribution in [0.4, 0.5) is 0 Å². The van der Waals surface area contributed by atoms with Gasteiger partial charge in [-0.25, -0.2) is 0 Å². The van der Waals surface area contributed by atoms with Crippen LogP contribution in [0, 0.1) is 0 Å². The topological polar surface area (TPSA) is 53.4 Å². The fraction of sp³-hybridized carbons (Fsp3) is 0.250. The first-order valence-electron chi connectivity index (χ1n) is 6.76. The van der Waals surface area contributed by atoms with Crippen LogP contribution in [0.2, 0.25) is 5.02 Å². The van der Waals surface area contributed by atoms with Crippen molar-refractivity contribution in [3.8, 4) is 0 Å². The summed E-state index contributed by atoms with van der Waals surface area (Å²) < 4.78 is 0. The second kappa shape index (κ2) is 5.84. The molecule has 0 radical (unpaired) electrons. The fourth-order valence-electron chi connectivity index (χ4n) is 2.74. The molecule has 21 heavy (non-hydrogen) atoms. The third-order valence-electron chi connectivity index (χ3n) is 3.79. The maximum Gasteiger partial charge on any atom is 0.321 e. The Balaban J connectivity index is 1.89. The highest BCUT2D eigenvalue weighted by atomic mass is 35.5. The molecule has 0 bridgehead atoms. The van der Waals surface area contributed by atoms with Gasteiger partial charge in [0.15, 0.2) is 0 Å². The smallest absolute Gasteiger partial charge is 0.321 e. The minimum atomic E-state index is -0.792. The predicted octanol–water partition coefficient (Wildman–Crippen LogP) is 2.75. The van der Waals surface area contributed by atoms with Crippen LogP contribution in [0.25, 0.3) is 0 Å². The molecule has 1 N–H and O–H groups in total. The summed E-state index contributed by atoms with van der Waals surface area (Å²) in [5.41, 5.74) is 3.17. The van der Waals surface area contributed by atoms with Gasteiger partial charge in [0.05, 0.1) is 0 Å². The van der Waals surface area contributed by atoms with Crippen molar-refractivity contribution in [2.24, 2.45) is 0 Å². The Labute approximate surface area is 128 Å². The highest BCUT2D eigenvalue weighted by molar-refractivity contribution is 6.30. The fourth-order valence-corrected chi connectivity index (χ4v) is 2.94. The zero-order valence-electron chi connectivity index (χ0n) is 11.4. The molecule has 2 heterocycles. The number of aromatic nitrogens is 1. The van der Waals surface area contributed by atoms with Crippen molar-refractivity contribution in [2.45, 2.75) is 25.6 Å². The molecule has 3 rings (SSSR count). The Hall–Kier alpha value is -1.91. The largest absolute Gasteiger partial charge is 0.480 e. The van der Waals surface area contributed by atoms with E-state index in [-0.39, 0.29) is 0 Å². The second-order valence-electron chi connectivity index (χ2n) is 5.24. The predicted molar refractivity (Wildman–Crippen MR) is 80.1 cm³/mol. The van der Waals surface area contributed by atoms with Crippen molar-refractivity contribution in [2.75, 3.05) is 0 Å². The molecule has 1 atom stereocenters. The van der Waals surface area contributed by atoms with E-state index in [0.717, 1.165) is 16.7 Å². The van der Waals surface area contributed by atoms with Crippen molar-refractivity contribution < 1.29 is 9.90 Å². The molecule has 0 saturated carbocycles. The Kier molecular flexibility index (Phi) is 3.90. The Morgan fingerprint density at radius 2 is 2.24 bits per heavy atom. The first kappa shape index (κ1) is 14.0. The molecule has 4 nitrogen and oxygen atoms in total. The van der Waals surface area contributed by atoms with E-state index in [0.29, 0.717) is 24.5 Å². The summed E-state index contributed by atoms with van der Waals surface area (Å²) in [7, 11) is 0. The lowest BCUT2D eigenvalue weighted by molar-refractivity contribution is -0.144. The van der Waals surface area contributed by atoms with E-state index < -0.39 is 12.0 Å². The van der Waals surface area contributed by atoms with Crippen molar-refractivity contribution in [3.05, 3.63) is 64.4 Å². The molecule has 108 valence electrons. The van der Waals surface area contributed by atoms with E-state index >= 15 is 0 Å². The number of hydrogen-bond donors (Lipinski definition) is 1. The molecule has 0 aliphatic carbocycles. The first-order chi connectivity index (χ1) is 10.1. The zero-order valence-corrected chi connectivity index (χ0v) is 12.1. The van der Waals surface area contributed by atoms with Crippen LogP contribution in [0.1, 0.15) is 16.7 Å². The lowest BCUT2D eigenvalue weighted by Gasteiger charge is -2.34. The number of halogens is 1. The summed E-state index contributed by atoms with van der Waals surface area (Å²) in [5, 5.41) is 10.2. The number of benzene rings is 1. The molecule has 0 saturated heterocycles. The van der Waals surface area contributed by atoms with Gasteiger partial charge in [-0.15, -0.1) is 0 Å². The number of rotatable bonds is 3. The third kappa shape index (κ3) is 3.06. The van der Waals surface area contributed by atoms with Gasteiger partial charge in [-0.05, 0) is 41.3 Å². The number of carbonyl (C=O) groups is 1. The van der Waals surface area contributed by atoms with Gasteiger partial charge < -0.3 is 5.11 Å². The number of pyridine rings is 1. The Morgan fingerprint density at radius 1 is 1.38 bits per heavy atom. The van der Waals surface area contributed by atoms with Crippen molar-refractivity contribution in [3.63, 3.8) is 0 Å². The van der Waals surface area contributed by atoms with E-state index in [1.54, 1.807) is 12.4 Å². The van der Waals surface area contributed by atoms with Gasteiger partial charge >= 0.3 is 5.97 Å². The monoisotopic (exact) mass is 302 g/mol. The number of hydrogen-bond acceptors (Lipinski definition) is 3. The third-order valence-corrected chi connectivity index (χ3v) is 4.02. The van der Waals surface area contributed by atoms with Gasteiger partial charge in [0.1, 0.15) is 6.04 Å². The van der Waals surface area contributed by atoms with Crippen LogP contribution >= 0.6 is 11.6 Å². The molecular weight excluding hydrogens is 288 g/mol. The molecule has 0 unspecified atom stereocenters. The lowest BCUT2D eigenvalue weighted by Crippen LogP contribution is -2.45. The summed E-state index contributed by atoms with van der Waals surface area (Å²) in [6.45, 7) is 1.15. The second-order valence-corrected chi connectivity index (χ2v) is 5.67. The lowest BCUT2D eigenvalue weighted by atomic mass is 9.93. The number of aliphatic carboxylic acids is 1. The summed E-state index contributed by atoms with van der Waals surface area (Å²) >= 11 is 6.04. The Morgan fingerprint density at radius 3 is 2.95 bits per heavy atom. The van der Waals surface area contributed by atoms with Crippen LogP contribution in [-0.2, 0) is 24.3 Å². The molecule has 0 spiro atoms. The van der Waals surface area contributed by atoms with Gasteiger partial charge in [0, 0.05) is 30.5 Å². The van der Waals surface area contributed by atoms with Crippen molar-refractivity contribution in [1.29, 1.82) is 0 Å². The SMILES string of the molecule is O=C(O)[C@@H]1Cc2ccc(Cl)cc2CN1Cc1cccnc1. The van der Waals surface area contributed by atoms with Gasteiger partial charge in [-0.2, -0.15) is 0 Å². The maximum atomic E-state index is 11.5. The van der Waals surface area contributed by atoms with Crippen LogP contribution in [0.5, 0.6) is 0 Å². The minimum absolute atomic E-state index is 0.502. The molecule has 2 aromatic rings. The van der Waals surface area contributed by atoms with E-state index in [4.69, 9.17) is 11.6 Å². The van der Waals surface area contributed by atoms with Crippen molar-refractivity contribution >= 4 is 17.6 Å². The van der Waals surface area contributed by atoms with Gasteiger partial charge in [0.2, 0.25) is 0 Å². The molecule has 5 heteroatoms. The van der Waals surface area contributed by atoms with Crippen LogP contribution in [0.15, 0.2) is 42.7 Å². The normalized spacial score (nSPS) is 18.2. The average molecular weight is 303 g/mol. The van der Waals surface area contributed by atoms with Gasteiger partial charge in [-0.1, -0.05) is 23.7 Å². The quantitative estimate of drug-likeness (QED) is 0.947. The molecule has 1 aromatic carbocycles. The molecule has 0 amide bonds. The number of nitrogens with zero attached hydrogens (tertiary/aromatic N) is 2. The van der Waals surface area contributed by atoms with E-state index in [1.165, 1.54) is 0 Å². The number of carboxylic acid groups (broad SMARTS) is 1. The highest BCUT2D eigenvalue weighted by Crippen LogP contribution is 2.27. The zero-order chi connectivity index (χ0) is 14.8. The minimum Gasteiger partial charge on any atom is -0.480 e. The molecule has 1 aliphatic rings. The summed E-state index contributed by atoms with van der Waals surface area (Å²) in [6, 6.07) is 8.97. The van der Waals surface area contributed by atoms with Crippen LogP contribution < -0.4 is 0 Å². The van der Waals surface area contributed by atoms with Gasteiger partial charge in [0.25, 0.3) is 0 Å². The molecule has 0 fully saturated rings. The number of carboxylic acids is 1. The summed E-state index contributed by atoms with van der Waals surface area (Å²) in [5.74, 6) is -0.792. The molecular formula is C16H15ClN2O2. The van der Waals surface area contributed by atoms with Gasteiger partial charge in [-0.3, -0.25) is 14.7 Å². The first-order valence-corrected chi connectivity index (χ1v) is 7.14. The maximum absolute atomic E-state index is 11.5. The summed E-state index contributed by atoms with van der Waals surface area (Å²) in [6.07, 6.45) is 3.98. The Bertz CT molecular complexity index is 661. The number of fused-ring (bicyclic) bond motifs is 1. The van der Waals surface area contributed by atoms with Crippen LogP contribution in [0.3, 0.4) is 0 Å². The van der Waals surface area contributed by atoms with Crippen LogP contribution in [-0.4, -0.2) is 27.0 Å². The van der Waals surface area contributed by atoms with E-state index in [1.807, 2.05) is 35.2 Å². The van der Waals surface area contributed by atoms with E-state index in [9.17, 15) is 9.90 Å². The van der Waals surface area contributed by atoms with E-state index in [2.05, 4.69) is 4.98 Å². The standard InChI is InChI=1S/C16H15ClN2O2/c17-14-4-3-12-7-15(16(20)21)19(10-13(12)6-14)9-11-2-1-5-18-8-11/h1-6,8,15H,7,9-10H2,(H,20,21)/t15-/m0/s1. The molecule has 1 aromatic heterocycles. The highest BCUT2D eigenvalue weighted by Gasteiger charge is 2.31. The molecule has 1 aliphatic heterocycles. The summed E-state index contributed by atoms with van der Waals surface area (Å²) in [4.78, 5) is 17.6.